The Morgan fingerprint density at radius 1 is 0.591 bits per heavy atom. The topological polar surface area (TPSA) is 509 Å². The highest BCUT2D eigenvalue weighted by molar-refractivity contribution is 6.32. The highest BCUT2D eigenvalue weighted by atomic mass is 35.5. The van der Waals surface area contributed by atoms with E-state index in [-0.39, 0.29) is 62.4 Å². The van der Waals surface area contributed by atoms with Crippen LogP contribution in [0, 0.1) is 0 Å². The predicted molar refractivity (Wildman–Crippen MR) is 403 cm³/mol. The summed E-state index contributed by atoms with van der Waals surface area (Å²) >= 11 is 14.2. The first-order valence-corrected chi connectivity index (χ1v) is 37.5. The molecule has 34 nitrogen and oxygen atoms in total. The quantitative estimate of drug-likeness (QED) is 0.0417. The van der Waals surface area contributed by atoms with Crippen LogP contribution in [0.5, 0.6) is 69.0 Å². The van der Waals surface area contributed by atoms with E-state index in [2.05, 4.69) is 54.5 Å². The number of phenols is 6. The number of aliphatic carboxylic acids is 1. The molecule has 0 unspecified atom stereocenters. The standard InChI is InChI=1S/C79H80Cl2N10O24/c1-3-4-5-6-7-8-9-10-19-110-34-42-32-91(90-89-42)67-38-13-16-52(97)56(26-38)111-45-23-40(22-43(94)29-45)62-74(104)86-63-41-27-57(112-54-17-11-36(20-48(54)80)21-50(72(102)84-62)83-77(67)107)68(99)58(28-41)113-55-18-14-39(25-49(55)81)71(115-79-65(82-35(2)93)70(101)69(100)59(33-92)114-79)66-76(106)87-64(78(108)109)47-30-44(95)31-53(98)60(47)46-24-37(12-15-51(46)96)61(73(103)88-66)85-75(63)105/h11-18,20,22-32,50,59,61-67,69-71,79,92,94-101H,3-10,19,21,33-34H2,1-2H3,(H,82,93)(H,83,107)(H,84,102)(H,85,105)(H,86,104)(H,87,106)(H,88,103)(H,108,109)/t50-,59-,61-,62+,63-,64-,65-,66+,67+,69-,70-,71-,79+/m1/s1. The minimum atomic E-state index is -2.40. The molecule has 1 fully saturated rings. The monoisotopic (exact) mass is 1620 g/mol. The molecule has 0 aliphatic carbocycles. The first-order chi connectivity index (χ1) is 55.1. The molecule has 13 atom stereocenters. The number of amides is 7. The molecule has 15 rings (SSSR count). The van der Waals surface area contributed by atoms with Gasteiger partial charge in [-0.25, -0.2) is 9.48 Å². The zero-order valence-electron chi connectivity index (χ0n) is 61.3. The summed E-state index contributed by atoms with van der Waals surface area (Å²) in [7, 11) is 0. The summed E-state index contributed by atoms with van der Waals surface area (Å²) in [6.07, 6.45) is -0.205. The second-order valence-corrected chi connectivity index (χ2v) is 29.1. The van der Waals surface area contributed by atoms with Gasteiger partial charge in [-0.05, 0) is 119 Å². The minimum Gasteiger partial charge on any atom is -0.508 e. The largest absolute Gasteiger partial charge is 0.508 e. The number of carboxylic acids is 1. The van der Waals surface area contributed by atoms with Crippen molar-refractivity contribution in [2.75, 3.05) is 13.2 Å². The van der Waals surface area contributed by atoms with Crippen LogP contribution in [0.3, 0.4) is 0 Å². The van der Waals surface area contributed by atoms with E-state index < -0.39 is 213 Å². The van der Waals surface area contributed by atoms with Crippen LogP contribution in [-0.2, 0) is 65.6 Å². The molecule has 7 aromatic carbocycles. The molecule has 7 aliphatic heterocycles. The summed E-state index contributed by atoms with van der Waals surface area (Å²) in [6, 6.07) is 5.21. The van der Waals surface area contributed by atoms with Crippen LogP contribution in [0.2, 0.25) is 10.0 Å². The Balaban J connectivity index is 0.965. The number of hydrogen-bond acceptors (Lipinski definition) is 25. The predicted octanol–water partition coefficient (Wildman–Crippen LogP) is 6.79. The SMILES string of the molecule is CCCCCCCCCCOCc1cn([C@@H]2C(=O)N[C@@H]3Cc4ccc(c(Cl)c4)Oc4cc5cc(c4O)Oc4ccc(cc4Cl)[C@@H](O[C@@H]4O[C@H](CO)[C@@H](O)[C@H](O)[C@H]4NC(C)=O)[C@@H]4NC(=O)[C@H](NC(=O)[C@@H]5NC(=O)[C@@H](NC3=O)c3cc(O)cc(c3)Oc3cc2ccc3O)c2ccc(O)c(c2)-c2c(O)cc(O)cc2[C@H](C(=O)O)NC4=O)nn1. The van der Waals surface area contributed by atoms with Crippen molar-refractivity contribution in [3.05, 3.63) is 176 Å². The zero-order valence-corrected chi connectivity index (χ0v) is 62.8. The molecule has 17 N–H and O–H groups in total. The third-order valence-electron chi connectivity index (χ3n) is 20.1. The summed E-state index contributed by atoms with van der Waals surface area (Å²) in [6.45, 7) is 2.60. The Morgan fingerprint density at radius 2 is 1.21 bits per heavy atom. The maximum Gasteiger partial charge on any atom is 0.330 e. The molecule has 604 valence electrons. The van der Waals surface area contributed by atoms with Gasteiger partial charge in [0.2, 0.25) is 47.1 Å². The van der Waals surface area contributed by atoms with Gasteiger partial charge in [0.15, 0.2) is 41.4 Å². The Hall–Kier alpha value is -12.0. The molecule has 1 saturated heterocycles. The molecule has 0 spiro atoms. The van der Waals surface area contributed by atoms with Crippen molar-refractivity contribution in [3.8, 4) is 80.1 Å². The highest BCUT2D eigenvalue weighted by Gasteiger charge is 2.49. The Kier molecular flexibility index (Phi) is 24.5. The molecule has 0 radical (unpaired) electrons. The fraction of sp³-hybridized carbons (Fsp3) is 0.342. The van der Waals surface area contributed by atoms with Crippen LogP contribution < -0.4 is 51.4 Å². The Bertz CT molecular complexity index is 5110. The van der Waals surface area contributed by atoms with Crippen molar-refractivity contribution >= 4 is 70.5 Å². The zero-order chi connectivity index (χ0) is 81.8. The van der Waals surface area contributed by atoms with E-state index in [9.17, 15) is 60.7 Å². The number of carboxylic acid groups (broad SMARTS) is 1. The van der Waals surface area contributed by atoms with E-state index in [0.29, 0.717) is 12.3 Å². The number of nitrogens with one attached hydrogen (secondary N) is 7. The molecule has 7 amide bonds. The molecular weight excluding hydrogens is 1540 g/mol. The van der Waals surface area contributed by atoms with E-state index >= 15 is 28.8 Å². The van der Waals surface area contributed by atoms with Gasteiger partial charge in [-0.2, -0.15) is 0 Å². The number of benzene rings is 7. The fourth-order valence-electron chi connectivity index (χ4n) is 14.4. The summed E-state index contributed by atoms with van der Waals surface area (Å²) in [5.74, 6) is -17.1. The minimum absolute atomic E-state index is 0.00398. The lowest BCUT2D eigenvalue weighted by Gasteiger charge is -2.44. The Morgan fingerprint density at radius 3 is 1.89 bits per heavy atom. The molecular formula is C79H80Cl2N10O24. The number of carbonyl (C=O) groups excluding carboxylic acids is 7. The summed E-state index contributed by atoms with van der Waals surface area (Å²) in [4.78, 5) is 122. The van der Waals surface area contributed by atoms with E-state index in [1.807, 2.05) is 0 Å². The van der Waals surface area contributed by atoms with Crippen molar-refractivity contribution in [3.63, 3.8) is 0 Å². The number of halogens is 2. The van der Waals surface area contributed by atoms with Gasteiger partial charge in [0.25, 0.3) is 0 Å². The number of ether oxygens (including phenoxy) is 6. The number of aliphatic hydroxyl groups is 3. The highest BCUT2D eigenvalue weighted by Crippen LogP contribution is 2.49. The van der Waals surface area contributed by atoms with Gasteiger partial charge in [-0.1, -0.05) is 105 Å². The number of phenolic OH excluding ortho intramolecular Hbond substituents is 6. The van der Waals surface area contributed by atoms with Crippen molar-refractivity contribution in [2.24, 2.45) is 0 Å². The number of aromatic hydroxyl groups is 6. The first-order valence-electron chi connectivity index (χ1n) is 36.7. The molecule has 8 aromatic rings. The molecule has 115 heavy (non-hydrogen) atoms. The van der Waals surface area contributed by atoms with Crippen molar-refractivity contribution in [1.82, 2.24) is 52.2 Å². The van der Waals surface area contributed by atoms with Crippen LogP contribution in [0.15, 0.2) is 121 Å². The molecule has 0 saturated carbocycles. The average molecular weight is 1620 g/mol. The number of carbonyl (C=O) groups is 8. The fourth-order valence-corrected chi connectivity index (χ4v) is 14.8. The number of fused-ring (bicyclic) bond motifs is 14. The number of aromatic nitrogens is 3. The second kappa shape index (κ2) is 34.8. The third kappa shape index (κ3) is 17.8. The molecule has 8 heterocycles. The average Bonchev–Trinajstić information content (AvgIpc) is 0.825. The lowest BCUT2D eigenvalue weighted by Crippen LogP contribution is -2.65. The third-order valence-corrected chi connectivity index (χ3v) is 20.7. The normalized spacial score (nSPS) is 23.4. The van der Waals surface area contributed by atoms with Gasteiger partial charge in [-0.3, -0.25) is 33.6 Å². The maximum absolute atomic E-state index is 16.3. The summed E-state index contributed by atoms with van der Waals surface area (Å²) < 4.78 is 38.8. The first kappa shape index (κ1) is 81.0. The number of rotatable bonds is 17. The lowest BCUT2D eigenvalue weighted by atomic mass is 9.89. The van der Waals surface area contributed by atoms with Crippen molar-refractivity contribution in [1.29, 1.82) is 0 Å². The van der Waals surface area contributed by atoms with Crippen LogP contribution in [0.25, 0.3) is 11.1 Å². The van der Waals surface area contributed by atoms with Gasteiger partial charge in [0.1, 0.15) is 107 Å². The van der Waals surface area contributed by atoms with Gasteiger partial charge in [-0.15, -0.1) is 5.10 Å². The second-order valence-electron chi connectivity index (χ2n) is 28.3. The smallest absolute Gasteiger partial charge is 0.330 e. The van der Waals surface area contributed by atoms with Crippen molar-refractivity contribution in [2.45, 2.75) is 157 Å². The lowest BCUT2D eigenvalue weighted by molar-refractivity contribution is -0.284. The summed E-state index contributed by atoms with van der Waals surface area (Å²) in [5.41, 5.74) is -2.29. The number of aliphatic hydroxyl groups excluding tert-OH is 3. The van der Waals surface area contributed by atoms with E-state index in [0.717, 1.165) is 112 Å². The number of hydrogen-bond donors (Lipinski definition) is 17. The molecule has 17 bridgehead atoms. The summed E-state index contributed by atoms with van der Waals surface area (Å²) in [5, 5.41) is 140. The van der Waals surface area contributed by atoms with E-state index in [4.69, 9.17) is 51.6 Å². The van der Waals surface area contributed by atoms with Crippen LogP contribution in [-0.4, -0.2) is 169 Å². The van der Waals surface area contributed by atoms with E-state index in [1.54, 1.807) is 0 Å². The van der Waals surface area contributed by atoms with Crippen LogP contribution >= 0.6 is 23.2 Å². The molecule has 36 heteroatoms. The van der Waals surface area contributed by atoms with Crippen LogP contribution in [0.4, 0.5) is 0 Å². The maximum atomic E-state index is 16.3. The van der Waals surface area contributed by atoms with Crippen molar-refractivity contribution < 1.29 is 118 Å². The van der Waals surface area contributed by atoms with Gasteiger partial charge >= 0.3 is 5.97 Å². The van der Waals surface area contributed by atoms with Gasteiger partial charge in [0.05, 0.1) is 29.5 Å². The Labute approximate surface area is 664 Å². The van der Waals surface area contributed by atoms with Gasteiger partial charge < -0.3 is 117 Å². The number of unbranched alkanes of at least 4 members (excludes halogenated alkanes) is 7. The molecule has 7 aliphatic rings. The number of nitrogens with zero attached hydrogens (tertiary/aromatic N) is 3. The van der Waals surface area contributed by atoms with Gasteiger partial charge in [0, 0.05) is 48.8 Å². The van der Waals surface area contributed by atoms with Crippen LogP contribution in [0.1, 0.15) is 146 Å². The molecule has 1 aromatic heterocycles. The van der Waals surface area contributed by atoms with E-state index in [1.165, 1.54) is 72.3 Å².